The zero-order valence-corrected chi connectivity index (χ0v) is 17.6. The van der Waals surface area contributed by atoms with Crippen LogP contribution in [0.15, 0.2) is 55.3 Å². The zero-order valence-electron chi connectivity index (χ0n) is 15.1. The van der Waals surface area contributed by atoms with E-state index in [1.54, 1.807) is 24.4 Å². The van der Waals surface area contributed by atoms with Crippen LogP contribution in [0, 0.1) is 0 Å². The van der Waals surface area contributed by atoms with E-state index < -0.39 is 10.0 Å². The molecule has 9 heteroatoms. The maximum absolute atomic E-state index is 12.7. The van der Waals surface area contributed by atoms with Gasteiger partial charge in [-0.15, -0.1) is 15.7 Å². The van der Waals surface area contributed by atoms with Crippen molar-refractivity contribution in [2.24, 2.45) is 4.40 Å². The van der Waals surface area contributed by atoms with Crippen molar-refractivity contribution in [2.75, 3.05) is 25.5 Å². The van der Waals surface area contributed by atoms with E-state index in [1.807, 2.05) is 43.3 Å². The summed E-state index contributed by atoms with van der Waals surface area (Å²) in [6, 6.07) is 10.9. The number of thioether (sulfide) groups is 1. The molecule has 1 saturated heterocycles. The van der Waals surface area contributed by atoms with E-state index in [4.69, 9.17) is 0 Å². The molecule has 6 nitrogen and oxygen atoms in total. The van der Waals surface area contributed by atoms with E-state index in [9.17, 15) is 13.2 Å². The summed E-state index contributed by atoms with van der Waals surface area (Å²) in [6.45, 7) is 2.14. The smallest absolute Gasteiger partial charge is 0.294 e. The summed E-state index contributed by atoms with van der Waals surface area (Å²) in [6.07, 6.45) is 1.76. The van der Waals surface area contributed by atoms with Crippen molar-refractivity contribution >= 4 is 56.0 Å². The predicted molar refractivity (Wildman–Crippen MR) is 113 cm³/mol. The van der Waals surface area contributed by atoms with E-state index in [-0.39, 0.29) is 15.3 Å². The molecule has 1 aliphatic rings. The number of amidine groups is 1. The Bertz CT molecular complexity index is 992. The van der Waals surface area contributed by atoms with E-state index in [0.29, 0.717) is 11.4 Å². The Hall–Kier alpha value is -2.10. The number of nitrogens with zero attached hydrogens (tertiary/aromatic N) is 3. The molecular weight excluding hydrogens is 402 g/mol. The van der Waals surface area contributed by atoms with Crippen molar-refractivity contribution in [3.8, 4) is 0 Å². The largest absolute Gasteiger partial charge is 0.378 e. The van der Waals surface area contributed by atoms with E-state index in [1.165, 1.54) is 11.0 Å². The third kappa shape index (κ3) is 4.26. The number of thiophene rings is 1. The number of benzene rings is 1. The average molecular weight is 422 g/mol. The van der Waals surface area contributed by atoms with Crippen molar-refractivity contribution in [1.29, 1.82) is 0 Å². The Labute approximate surface area is 167 Å². The molecule has 1 amide bonds. The Balaban J connectivity index is 1.91. The summed E-state index contributed by atoms with van der Waals surface area (Å²) >= 11 is 2.19. The van der Waals surface area contributed by atoms with Crippen LogP contribution in [-0.2, 0) is 14.8 Å². The van der Waals surface area contributed by atoms with Gasteiger partial charge in [-0.1, -0.05) is 18.2 Å². The first kappa shape index (κ1) is 19.7. The first-order valence-electron chi connectivity index (χ1n) is 8.19. The molecule has 0 bridgehead atoms. The number of sulfonamides is 1. The monoisotopic (exact) mass is 421 g/mol. The van der Waals surface area contributed by atoms with Crippen molar-refractivity contribution < 1.29 is 13.2 Å². The quantitative estimate of drug-likeness (QED) is 0.691. The van der Waals surface area contributed by atoms with Gasteiger partial charge in [0.05, 0.1) is 4.91 Å². The van der Waals surface area contributed by atoms with Crippen LogP contribution in [-0.4, -0.2) is 45.0 Å². The van der Waals surface area contributed by atoms with Crippen LogP contribution in [0.25, 0.3) is 6.08 Å². The van der Waals surface area contributed by atoms with Crippen LogP contribution >= 0.6 is 23.1 Å². The molecule has 1 aromatic heterocycles. The van der Waals surface area contributed by atoms with Gasteiger partial charge in [-0.2, -0.15) is 8.42 Å². The Kier molecular flexibility index (Phi) is 5.73. The second kappa shape index (κ2) is 7.87. The summed E-state index contributed by atoms with van der Waals surface area (Å²) in [5.74, 6) is -0.237. The molecule has 0 unspecified atom stereocenters. The van der Waals surface area contributed by atoms with Gasteiger partial charge < -0.3 is 4.90 Å². The average Bonchev–Trinajstić information content (AvgIpc) is 3.25. The Morgan fingerprint density at radius 3 is 2.44 bits per heavy atom. The SMILES string of the molecule is CCN1C(=O)/C(=C/c2ccc(N(C)C)cc2)S/C1=N\S(=O)(=O)c1cccs1. The van der Waals surface area contributed by atoms with Gasteiger partial charge in [0.25, 0.3) is 15.9 Å². The Morgan fingerprint density at radius 2 is 1.89 bits per heavy atom. The van der Waals surface area contributed by atoms with E-state index >= 15 is 0 Å². The minimum Gasteiger partial charge on any atom is -0.378 e. The molecule has 0 spiro atoms. The van der Waals surface area contributed by atoms with Gasteiger partial charge >= 0.3 is 0 Å². The molecular formula is C18H19N3O3S3. The maximum atomic E-state index is 12.7. The van der Waals surface area contributed by atoms with Crippen LogP contribution in [0.2, 0.25) is 0 Å². The standard InChI is InChI=1S/C18H19N3O3S3/c1-4-21-17(22)15(12-13-7-9-14(10-8-13)20(2)3)26-18(21)19-27(23,24)16-6-5-11-25-16/h5-12H,4H2,1-3H3/b15-12-,19-18-. The van der Waals surface area contributed by atoms with Crippen LogP contribution in [0.1, 0.15) is 12.5 Å². The topological polar surface area (TPSA) is 70.1 Å². The molecule has 1 fully saturated rings. The number of amides is 1. The summed E-state index contributed by atoms with van der Waals surface area (Å²) in [5, 5.41) is 1.87. The van der Waals surface area contributed by atoms with Gasteiger partial charge in [0.1, 0.15) is 4.21 Å². The van der Waals surface area contributed by atoms with Crippen molar-refractivity contribution in [2.45, 2.75) is 11.1 Å². The minimum absolute atomic E-state index is 0.163. The number of rotatable bonds is 5. The summed E-state index contributed by atoms with van der Waals surface area (Å²) in [4.78, 5) is 16.5. The normalized spacial score (nSPS) is 17.9. The number of carbonyl (C=O) groups is 1. The lowest BCUT2D eigenvalue weighted by molar-refractivity contribution is -0.122. The fourth-order valence-corrected chi connectivity index (χ4v) is 5.65. The van der Waals surface area contributed by atoms with Gasteiger partial charge in [-0.05, 0) is 53.9 Å². The van der Waals surface area contributed by atoms with Crippen molar-refractivity contribution in [3.63, 3.8) is 0 Å². The number of carbonyl (C=O) groups excluding carboxylic acids is 1. The first-order valence-corrected chi connectivity index (χ1v) is 11.3. The fourth-order valence-electron chi connectivity index (χ4n) is 2.43. The lowest BCUT2D eigenvalue weighted by Crippen LogP contribution is -2.29. The van der Waals surface area contributed by atoms with Crippen LogP contribution < -0.4 is 4.90 Å². The lowest BCUT2D eigenvalue weighted by atomic mass is 10.2. The molecule has 142 valence electrons. The molecule has 0 atom stereocenters. The van der Waals surface area contributed by atoms with Gasteiger partial charge in [0, 0.05) is 26.3 Å². The van der Waals surface area contributed by atoms with Gasteiger partial charge in [0.15, 0.2) is 5.17 Å². The molecule has 3 rings (SSSR count). The highest BCUT2D eigenvalue weighted by Gasteiger charge is 2.34. The maximum Gasteiger partial charge on any atom is 0.294 e. The Morgan fingerprint density at radius 1 is 1.19 bits per heavy atom. The molecule has 1 aromatic carbocycles. The molecule has 0 N–H and O–H groups in total. The highest BCUT2D eigenvalue weighted by molar-refractivity contribution is 8.19. The third-order valence-corrected chi connectivity index (χ3v) is 7.62. The fraction of sp³-hybridized carbons (Fsp3) is 0.222. The number of likely N-dealkylation sites (N-methyl/N-ethyl adjacent to an activating group) is 1. The summed E-state index contributed by atoms with van der Waals surface area (Å²) in [7, 11) is 0.0969. The molecule has 1 aliphatic heterocycles. The van der Waals surface area contributed by atoms with Gasteiger partial charge in [-0.3, -0.25) is 9.69 Å². The number of hydrogen-bond acceptors (Lipinski definition) is 6. The molecule has 0 saturated carbocycles. The van der Waals surface area contributed by atoms with Crippen molar-refractivity contribution in [3.05, 3.63) is 52.2 Å². The highest BCUT2D eigenvalue weighted by Crippen LogP contribution is 2.34. The summed E-state index contributed by atoms with van der Waals surface area (Å²) in [5.41, 5.74) is 1.93. The third-order valence-electron chi connectivity index (χ3n) is 3.86. The predicted octanol–water partition coefficient (Wildman–Crippen LogP) is 3.50. The summed E-state index contributed by atoms with van der Waals surface area (Å²) < 4.78 is 28.9. The number of hydrogen-bond donors (Lipinski definition) is 0. The van der Waals surface area contributed by atoms with Gasteiger partial charge in [0.2, 0.25) is 0 Å². The lowest BCUT2D eigenvalue weighted by Gasteiger charge is -2.12. The van der Waals surface area contributed by atoms with E-state index in [0.717, 1.165) is 34.3 Å². The number of anilines is 1. The van der Waals surface area contributed by atoms with Crippen molar-refractivity contribution in [1.82, 2.24) is 4.90 Å². The first-order chi connectivity index (χ1) is 12.8. The highest BCUT2D eigenvalue weighted by atomic mass is 32.2. The van der Waals surface area contributed by atoms with Crippen LogP contribution in [0.4, 0.5) is 5.69 Å². The molecule has 27 heavy (non-hydrogen) atoms. The van der Waals surface area contributed by atoms with Crippen LogP contribution in [0.3, 0.4) is 0 Å². The molecule has 0 aliphatic carbocycles. The second-order valence-electron chi connectivity index (χ2n) is 5.93. The molecule has 0 radical (unpaired) electrons. The van der Waals surface area contributed by atoms with E-state index in [2.05, 4.69) is 4.40 Å². The zero-order chi connectivity index (χ0) is 19.6. The van der Waals surface area contributed by atoms with Gasteiger partial charge in [-0.25, -0.2) is 0 Å². The van der Waals surface area contributed by atoms with Crippen LogP contribution in [0.5, 0.6) is 0 Å². The minimum atomic E-state index is -3.82. The second-order valence-corrected chi connectivity index (χ2v) is 9.71. The molecule has 2 heterocycles. The molecule has 2 aromatic rings.